The maximum atomic E-state index is 10.7. The monoisotopic (exact) mass is 187 g/mol. The average molecular weight is 187 g/mol. The zero-order valence-corrected chi connectivity index (χ0v) is 8.84. The first-order valence-electron chi connectivity index (χ1n) is 5.01. The van der Waals surface area contributed by atoms with Crippen molar-refractivity contribution in [2.45, 2.75) is 58.6 Å². The Kier molecular flexibility index (Phi) is 6.59. The smallest absolute Gasteiger partial charge is 0.217 e. The maximum Gasteiger partial charge on any atom is 0.217 e. The van der Waals surface area contributed by atoms with Gasteiger partial charge in [0, 0.05) is 13.0 Å². The highest BCUT2D eigenvalue weighted by Gasteiger charge is 2.09. The van der Waals surface area contributed by atoms with Gasteiger partial charge in [0.15, 0.2) is 0 Å². The Morgan fingerprint density at radius 3 is 2.62 bits per heavy atom. The van der Waals surface area contributed by atoms with Gasteiger partial charge in [-0.2, -0.15) is 0 Å². The summed E-state index contributed by atoms with van der Waals surface area (Å²) in [4.78, 5) is 10.7. The van der Waals surface area contributed by atoms with Gasteiger partial charge in [-0.15, -0.1) is 0 Å². The number of unbranched alkanes of at least 4 members (excludes halogenated alkanes) is 1. The van der Waals surface area contributed by atoms with E-state index in [1.165, 1.54) is 6.92 Å². The minimum atomic E-state index is -0.276. The third-order valence-electron chi connectivity index (χ3n) is 1.97. The minimum absolute atomic E-state index is 0.0322. The van der Waals surface area contributed by atoms with Crippen LogP contribution in [0, 0.1) is 0 Å². The van der Waals surface area contributed by atoms with Gasteiger partial charge in [-0.05, 0) is 19.8 Å². The fraction of sp³-hybridized carbons (Fsp3) is 0.900. The normalized spacial score (nSPS) is 15.1. The molecular weight excluding hydrogens is 166 g/mol. The van der Waals surface area contributed by atoms with Crippen molar-refractivity contribution in [2.75, 3.05) is 0 Å². The van der Waals surface area contributed by atoms with Crippen molar-refractivity contribution in [3.05, 3.63) is 0 Å². The van der Waals surface area contributed by atoms with E-state index < -0.39 is 0 Å². The van der Waals surface area contributed by atoms with Crippen molar-refractivity contribution in [2.24, 2.45) is 0 Å². The molecular formula is C10H21NO2. The number of nitrogens with one attached hydrogen (secondary N) is 1. The van der Waals surface area contributed by atoms with Gasteiger partial charge in [-0.3, -0.25) is 4.79 Å². The third kappa shape index (κ3) is 7.78. The molecule has 1 amide bonds. The van der Waals surface area contributed by atoms with Crippen molar-refractivity contribution in [3.8, 4) is 0 Å². The Morgan fingerprint density at radius 2 is 2.15 bits per heavy atom. The van der Waals surface area contributed by atoms with Gasteiger partial charge in [0.25, 0.3) is 0 Å². The highest BCUT2D eigenvalue weighted by molar-refractivity contribution is 5.73. The van der Waals surface area contributed by atoms with Gasteiger partial charge in [-0.25, -0.2) is 0 Å². The number of amides is 1. The quantitative estimate of drug-likeness (QED) is 0.661. The first-order chi connectivity index (χ1) is 6.06. The summed E-state index contributed by atoms with van der Waals surface area (Å²) in [6.07, 6.45) is 3.36. The fourth-order valence-electron chi connectivity index (χ4n) is 1.37. The van der Waals surface area contributed by atoms with E-state index in [1.54, 1.807) is 0 Å². The number of hydrogen-bond donors (Lipinski definition) is 2. The summed E-state index contributed by atoms with van der Waals surface area (Å²) in [6.45, 7) is 5.51. The predicted octanol–water partition coefficient (Wildman–Crippen LogP) is 1.45. The summed E-state index contributed by atoms with van der Waals surface area (Å²) in [5, 5.41) is 12.3. The first-order valence-corrected chi connectivity index (χ1v) is 5.01. The van der Waals surface area contributed by atoms with Crippen LogP contribution in [0.5, 0.6) is 0 Å². The van der Waals surface area contributed by atoms with Crippen LogP contribution >= 0.6 is 0 Å². The molecule has 3 heteroatoms. The molecule has 0 aromatic heterocycles. The molecule has 0 spiro atoms. The molecule has 0 fully saturated rings. The highest BCUT2D eigenvalue weighted by atomic mass is 16.3. The molecule has 13 heavy (non-hydrogen) atoms. The van der Waals surface area contributed by atoms with Crippen molar-refractivity contribution >= 4 is 5.91 Å². The molecule has 0 aliphatic carbocycles. The number of aliphatic hydroxyl groups is 1. The molecule has 0 unspecified atom stereocenters. The molecule has 0 heterocycles. The Balaban J connectivity index is 3.52. The molecule has 0 aliphatic heterocycles. The van der Waals surface area contributed by atoms with Crippen LogP contribution in [0.25, 0.3) is 0 Å². The van der Waals surface area contributed by atoms with Gasteiger partial charge < -0.3 is 10.4 Å². The van der Waals surface area contributed by atoms with Crippen LogP contribution in [0.2, 0.25) is 0 Å². The second-order valence-corrected chi connectivity index (χ2v) is 3.63. The second-order valence-electron chi connectivity index (χ2n) is 3.63. The molecule has 0 saturated carbocycles. The molecule has 0 radical (unpaired) electrons. The fourth-order valence-corrected chi connectivity index (χ4v) is 1.37. The third-order valence-corrected chi connectivity index (χ3v) is 1.97. The summed E-state index contributed by atoms with van der Waals surface area (Å²) in [6, 6.07) is 0.0735. The number of carbonyl (C=O) groups excluding carboxylic acids is 1. The summed E-state index contributed by atoms with van der Waals surface area (Å²) >= 11 is 0. The van der Waals surface area contributed by atoms with E-state index in [0.29, 0.717) is 6.42 Å². The van der Waals surface area contributed by atoms with Crippen molar-refractivity contribution in [3.63, 3.8) is 0 Å². The lowest BCUT2D eigenvalue weighted by Crippen LogP contribution is -2.33. The van der Waals surface area contributed by atoms with Crippen LogP contribution in [-0.4, -0.2) is 23.2 Å². The van der Waals surface area contributed by atoms with E-state index >= 15 is 0 Å². The average Bonchev–Trinajstić information content (AvgIpc) is 1.98. The van der Waals surface area contributed by atoms with Crippen LogP contribution in [0.15, 0.2) is 0 Å². The molecule has 0 aliphatic rings. The lowest BCUT2D eigenvalue weighted by atomic mass is 10.1. The summed E-state index contributed by atoms with van der Waals surface area (Å²) in [7, 11) is 0. The van der Waals surface area contributed by atoms with Gasteiger partial charge >= 0.3 is 0 Å². The standard InChI is InChI=1S/C10H21NO2/c1-4-5-6-10(13)7-8(2)11-9(3)12/h8,10,13H,4-7H2,1-3H3,(H,11,12)/t8-,10+/m1/s1. The van der Waals surface area contributed by atoms with E-state index in [4.69, 9.17) is 0 Å². The SMILES string of the molecule is CCCC[C@H](O)C[C@@H](C)NC(C)=O. The summed E-state index contributed by atoms with van der Waals surface area (Å²) < 4.78 is 0. The molecule has 78 valence electrons. The Labute approximate surface area is 80.5 Å². The molecule has 0 aromatic carbocycles. The van der Waals surface area contributed by atoms with E-state index in [2.05, 4.69) is 12.2 Å². The van der Waals surface area contributed by atoms with E-state index in [-0.39, 0.29) is 18.1 Å². The number of aliphatic hydroxyl groups excluding tert-OH is 1. The van der Waals surface area contributed by atoms with Crippen LogP contribution in [-0.2, 0) is 4.79 Å². The Morgan fingerprint density at radius 1 is 1.54 bits per heavy atom. The first kappa shape index (κ1) is 12.4. The summed E-state index contributed by atoms with van der Waals surface area (Å²) in [5.74, 6) is -0.0322. The molecule has 0 saturated heterocycles. The molecule has 2 N–H and O–H groups in total. The van der Waals surface area contributed by atoms with Gasteiger partial charge in [0.05, 0.1) is 6.10 Å². The lowest BCUT2D eigenvalue weighted by molar-refractivity contribution is -0.119. The van der Waals surface area contributed by atoms with Crippen molar-refractivity contribution < 1.29 is 9.90 Å². The molecule has 2 atom stereocenters. The molecule has 0 rings (SSSR count). The molecule has 3 nitrogen and oxygen atoms in total. The van der Waals surface area contributed by atoms with Gasteiger partial charge in [0.1, 0.15) is 0 Å². The van der Waals surface area contributed by atoms with Crippen molar-refractivity contribution in [1.29, 1.82) is 0 Å². The van der Waals surface area contributed by atoms with Crippen LogP contribution in [0.3, 0.4) is 0 Å². The van der Waals surface area contributed by atoms with Crippen LogP contribution < -0.4 is 5.32 Å². The topological polar surface area (TPSA) is 49.3 Å². The highest BCUT2D eigenvalue weighted by Crippen LogP contribution is 2.06. The van der Waals surface area contributed by atoms with E-state index in [0.717, 1.165) is 19.3 Å². The number of rotatable bonds is 6. The molecule has 0 aromatic rings. The summed E-state index contributed by atoms with van der Waals surface area (Å²) in [5.41, 5.74) is 0. The van der Waals surface area contributed by atoms with E-state index in [9.17, 15) is 9.90 Å². The van der Waals surface area contributed by atoms with Crippen LogP contribution in [0.1, 0.15) is 46.5 Å². The van der Waals surface area contributed by atoms with E-state index in [1.807, 2.05) is 6.92 Å². The van der Waals surface area contributed by atoms with Gasteiger partial charge in [-0.1, -0.05) is 19.8 Å². The Bertz CT molecular complexity index is 148. The number of hydrogen-bond acceptors (Lipinski definition) is 2. The minimum Gasteiger partial charge on any atom is -0.393 e. The zero-order valence-electron chi connectivity index (χ0n) is 8.84. The van der Waals surface area contributed by atoms with Crippen molar-refractivity contribution in [1.82, 2.24) is 5.32 Å². The Hall–Kier alpha value is -0.570. The zero-order chi connectivity index (χ0) is 10.3. The second kappa shape index (κ2) is 6.89. The lowest BCUT2D eigenvalue weighted by Gasteiger charge is -2.16. The molecule has 0 bridgehead atoms. The van der Waals surface area contributed by atoms with Gasteiger partial charge in [0.2, 0.25) is 5.91 Å². The number of carbonyl (C=O) groups is 1. The predicted molar refractivity (Wildman–Crippen MR) is 53.4 cm³/mol. The largest absolute Gasteiger partial charge is 0.393 e. The maximum absolute atomic E-state index is 10.7. The van der Waals surface area contributed by atoms with Crippen LogP contribution in [0.4, 0.5) is 0 Å².